The average Bonchev–Trinajstić information content (AvgIpc) is 2.84. The first kappa shape index (κ1) is 13.4. The highest BCUT2D eigenvalue weighted by Gasteiger charge is 2.31. The van der Waals surface area contributed by atoms with Crippen LogP contribution in [0.3, 0.4) is 0 Å². The summed E-state index contributed by atoms with van der Waals surface area (Å²) < 4.78 is 36.9. The van der Waals surface area contributed by atoms with E-state index < -0.39 is 11.9 Å². The lowest BCUT2D eigenvalue weighted by Gasteiger charge is -2.07. The fraction of sp³-hybridized carbons (Fsp3) is 0.167. The van der Waals surface area contributed by atoms with E-state index in [4.69, 9.17) is 5.26 Å². The maximum absolute atomic E-state index is 12.3. The summed E-state index contributed by atoms with van der Waals surface area (Å²) in [5.74, 6) is 0. The number of anilines is 1. The standard InChI is InChI=1S/C12H8F3N3S/c13-12(14,15)11-4-1-8(6-18-11)17-7-10-3-2-9(5-16)19-10/h1-4,6,17H,7H2. The highest BCUT2D eigenvalue weighted by Crippen LogP contribution is 2.28. The van der Waals surface area contributed by atoms with Gasteiger partial charge in [-0.3, -0.25) is 0 Å². The van der Waals surface area contributed by atoms with Crippen LogP contribution >= 0.6 is 11.3 Å². The number of pyridine rings is 1. The number of halogens is 3. The van der Waals surface area contributed by atoms with Crippen molar-refractivity contribution >= 4 is 17.0 Å². The zero-order valence-corrected chi connectivity index (χ0v) is 10.3. The van der Waals surface area contributed by atoms with E-state index in [2.05, 4.69) is 10.3 Å². The van der Waals surface area contributed by atoms with Crippen molar-refractivity contribution in [3.8, 4) is 6.07 Å². The van der Waals surface area contributed by atoms with Crippen LogP contribution in [0.25, 0.3) is 0 Å². The lowest BCUT2D eigenvalue weighted by Crippen LogP contribution is -2.08. The molecule has 2 rings (SSSR count). The number of rotatable bonds is 3. The van der Waals surface area contributed by atoms with Crippen molar-refractivity contribution in [1.29, 1.82) is 5.26 Å². The number of nitrogens with zero attached hydrogens (tertiary/aromatic N) is 2. The second kappa shape index (κ2) is 5.28. The quantitative estimate of drug-likeness (QED) is 0.935. The van der Waals surface area contributed by atoms with Gasteiger partial charge in [-0.1, -0.05) is 0 Å². The largest absolute Gasteiger partial charge is 0.433 e. The highest BCUT2D eigenvalue weighted by molar-refractivity contribution is 7.12. The molecule has 0 bridgehead atoms. The van der Waals surface area contributed by atoms with Crippen molar-refractivity contribution in [3.63, 3.8) is 0 Å². The van der Waals surface area contributed by atoms with Crippen LogP contribution in [0, 0.1) is 11.3 Å². The monoisotopic (exact) mass is 283 g/mol. The summed E-state index contributed by atoms with van der Waals surface area (Å²) in [4.78, 5) is 4.87. The van der Waals surface area contributed by atoms with Crippen LogP contribution in [0.5, 0.6) is 0 Å². The molecule has 7 heteroatoms. The topological polar surface area (TPSA) is 48.7 Å². The Morgan fingerprint density at radius 1 is 1.26 bits per heavy atom. The van der Waals surface area contributed by atoms with Gasteiger partial charge in [0.15, 0.2) is 0 Å². The van der Waals surface area contributed by atoms with E-state index in [1.165, 1.54) is 17.4 Å². The fourth-order valence-corrected chi connectivity index (χ4v) is 2.13. The summed E-state index contributed by atoms with van der Waals surface area (Å²) in [6, 6.07) is 7.78. The van der Waals surface area contributed by atoms with Gasteiger partial charge in [0.05, 0.1) is 11.9 Å². The van der Waals surface area contributed by atoms with Crippen LogP contribution in [0.2, 0.25) is 0 Å². The van der Waals surface area contributed by atoms with Crippen LogP contribution in [0.15, 0.2) is 30.5 Å². The molecule has 0 aliphatic carbocycles. The maximum Gasteiger partial charge on any atom is 0.433 e. The molecule has 0 radical (unpaired) electrons. The first-order valence-corrected chi connectivity index (χ1v) is 6.06. The minimum atomic E-state index is -4.42. The summed E-state index contributed by atoms with van der Waals surface area (Å²) in [7, 11) is 0. The predicted molar refractivity (Wildman–Crippen MR) is 65.6 cm³/mol. The third-order valence-electron chi connectivity index (χ3n) is 2.29. The molecule has 0 spiro atoms. The van der Waals surface area contributed by atoms with Gasteiger partial charge in [-0.25, -0.2) is 4.98 Å². The number of hydrogen-bond acceptors (Lipinski definition) is 4. The number of nitrogens with one attached hydrogen (secondary N) is 1. The van der Waals surface area contributed by atoms with E-state index in [0.29, 0.717) is 17.1 Å². The molecule has 2 aromatic heterocycles. The molecule has 3 nitrogen and oxygen atoms in total. The Balaban J connectivity index is 1.99. The van der Waals surface area contributed by atoms with E-state index in [-0.39, 0.29) is 0 Å². The Kier molecular flexibility index (Phi) is 3.71. The van der Waals surface area contributed by atoms with Crippen LogP contribution in [-0.4, -0.2) is 4.98 Å². The molecule has 2 heterocycles. The Labute approximate surface area is 111 Å². The highest BCUT2D eigenvalue weighted by atomic mass is 32.1. The third-order valence-corrected chi connectivity index (χ3v) is 3.28. The van der Waals surface area contributed by atoms with E-state index >= 15 is 0 Å². The molecule has 0 fully saturated rings. The van der Waals surface area contributed by atoms with Crippen molar-refractivity contribution in [2.45, 2.75) is 12.7 Å². The Morgan fingerprint density at radius 3 is 2.58 bits per heavy atom. The molecule has 0 aliphatic heterocycles. The lowest BCUT2D eigenvalue weighted by atomic mass is 10.3. The Morgan fingerprint density at radius 2 is 2.05 bits per heavy atom. The van der Waals surface area contributed by atoms with Gasteiger partial charge in [-0.2, -0.15) is 18.4 Å². The van der Waals surface area contributed by atoms with Crippen LogP contribution < -0.4 is 5.32 Å². The molecule has 0 aliphatic rings. The first-order valence-electron chi connectivity index (χ1n) is 5.25. The van der Waals surface area contributed by atoms with E-state index in [9.17, 15) is 13.2 Å². The minimum Gasteiger partial charge on any atom is -0.379 e. The Bertz CT molecular complexity index is 596. The smallest absolute Gasteiger partial charge is 0.379 e. The van der Waals surface area contributed by atoms with Crippen molar-refractivity contribution in [1.82, 2.24) is 4.98 Å². The molecule has 0 aromatic carbocycles. The van der Waals surface area contributed by atoms with Gasteiger partial charge in [0.1, 0.15) is 16.6 Å². The van der Waals surface area contributed by atoms with Crippen molar-refractivity contribution in [2.24, 2.45) is 0 Å². The minimum absolute atomic E-state index is 0.444. The van der Waals surface area contributed by atoms with Gasteiger partial charge < -0.3 is 5.32 Å². The van der Waals surface area contributed by atoms with E-state index in [1.54, 1.807) is 12.1 Å². The second-order valence-corrected chi connectivity index (χ2v) is 4.83. The fourth-order valence-electron chi connectivity index (χ4n) is 1.39. The zero-order valence-electron chi connectivity index (χ0n) is 9.53. The van der Waals surface area contributed by atoms with Crippen molar-refractivity contribution < 1.29 is 13.2 Å². The summed E-state index contributed by atoms with van der Waals surface area (Å²) in [5.41, 5.74) is -0.416. The molecule has 0 saturated carbocycles. The van der Waals surface area contributed by atoms with E-state index in [1.807, 2.05) is 6.07 Å². The maximum atomic E-state index is 12.3. The predicted octanol–water partition coefficient (Wildman–Crippen LogP) is 3.65. The molecule has 98 valence electrons. The number of alkyl halides is 3. The van der Waals surface area contributed by atoms with Crippen molar-refractivity contribution in [3.05, 3.63) is 45.9 Å². The van der Waals surface area contributed by atoms with Gasteiger partial charge in [0.2, 0.25) is 0 Å². The SMILES string of the molecule is N#Cc1ccc(CNc2ccc(C(F)(F)F)nc2)s1. The molecular weight excluding hydrogens is 275 g/mol. The van der Waals surface area contributed by atoms with Crippen molar-refractivity contribution in [2.75, 3.05) is 5.32 Å². The molecule has 1 N–H and O–H groups in total. The van der Waals surface area contributed by atoms with Gasteiger partial charge in [-0.05, 0) is 24.3 Å². The third kappa shape index (κ3) is 3.45. The summed E-state index contributed by atoms with van der Waals surface area (Å²) in [5, 5.41) is 11.6. The molecule has 19 heavy (non-hydrogen) atoms. The molecule has 0 atom stereocenters. The molecule has 2 aromatic rings. The average molecular weight is 283 g/mol. The van der Waals surface area contributed by atoms with Crippen LogP contribution in [0.4, 0.5) is 18.9 Å². The number of thiophene rings is 1. The van der Waals surface area contributed by atoms with Crippen LogP contribution in [-0.2, 0) is 12.7 Å². The molecule has 0 amide bonds. The molecule has 0 saturated heterocycles. The summed E-state index contributed by atoms with van der Waals surface area (Å²) in [6.45, 7) is 0.444. The summed E-state index contributed by atoms with van der Waals surface area (Å²) in [6.07, 6.45) is -3.28. The second-order valence-electron chi connectivity index (χ2n) is 3.66. The van der Waals surface area contributed by atoms with Gasteiger partial charge in [-0.15, -0.1) is 11.3 Å². The van der Waals surface area contributed by atoms with Gasteiger partial charge in [0, 0.05) is 11.4 Å². The number of hydrogen-bond donors (Lipinski definition) is 1. The summed E-state index contributed by atoms with van der Waals surface area (Å²) >= 11 is 1.34. The zero-order chi connectivity index (χ0) is 13.9. The normalized spacial score (nSPS) is 11.1. The number of aromatic nitrogens is 1. The van der Waals surface area contributed by atoms with Crippen LogP contribution in [0.1, 0.15) is 15.4 Å². The Hall–Kier alpha value is -2.07. The lowest BCUT2D eigenvalue weighted by molar-refractivity contribution is -0.141. The first-order chi connectivity index (χ1) is 8.99. The molecule has 0 unspecified atom stereocenters. The van der Waals surface area contributed by atoms with Gasteiger partial charge >= 0.3 is 6.18 Å². The van der Waals surface area contributed by atoms with Gasteiger partial charge in [0.25, 0.3) is 0 Å². The van der Waals surface area contributed by atoms with E-state index in [0.717, 1.165) is 17.1 Å². The molecular formula is C12H8F3N3S. The number of nitriles is 1.